The first-order valence-electron chi connectivity index (χ1n) is 6.97. The van der Waals surface area contributed by atoms with Gasteiger partial charge in [0.25, 0.3) is 0 Å². The Labute approximate surface area is 113 Å². The first-order chi connectivity index (χ1) is 8.63. The molecule has 0 spiro atoms. The van der Waals surface area contributed by atoms with Gasteiger partial charge in [0, 0.05) is 25.7 Å². The second-order valence-corrected chi connectivity index (χ2v) is 6.32. The van der Waals surface area contributed by atoms with Crippen LogP contribution in [0.3, 0.4) is 0 Å². The molecule has 100 valence electrons. The lowest BCUT2D eigenvalue weighted by Gasteiger charge is -2.46. The number of rotatable bonds is 2. The summed E-state index contributed by atoms with van der Waals surface area (Å²) in [6.07, 6.45) is 5.28. The number of hydrogen-bond donors (Lipinski definition) is 1. The summed E-state index contributed by atoms with van der Waals surface area (Å²) in [5.41, 5.74) is 5.33. The fourth-order valence-corrected chi connectivity index (χ4v) is 3.87. The third-order valence-corrected chi connectivity index (χ3v) is 5.35. The third kappa shape index (κ3) is 1.75. The van der Waals surface area contributed by atoms with Gasteiger partial charge in [-0.25, -0.2) is 0 Å². The number of piperazine rings is 1. The van der Waals surface area contributed by atoms with E-state index >= 15 is 0 Å². The van der Waals surface area contributed by atoms with Crippen LogP contribution in [0, 0.1) is 5.41 Å². The molecule has 1 aliphatic carbocycles. The number of hydrogen-bond acceptors (Lipinski definition) is 3. The highest BCUT2D eigenvalue weighted by atomic mass is 32.1. The van der Waals surface area contributed by atoms with Crippen LogP contribution in [0.2, 0.25) is 0 Å². The normalized spacial score (nSPS) is 30.7. The highest BCUT2D eigenvalue weighted by Gasteiger charge is 2.50. The number of nitrogens with zero attached hydrogens (tertiary/aromatic N) is 2. The zero-order chi connectivity index (χ0) is 12.8. The topological polar surface area (TPSA) is 49.6 Å². The number of carbonyl (C=O) groups excluding carboxylic acids is 1. The lowest BCUT2D eigenvalue weighted by molar-refractivity contribution is -0.144. The molecule has 0 aromatic carbocycles. The molecule has 2 aliphatic heterocycles. The van der Waals surface area contributed by atoms with Gasteiger partial charge in [0.1, 0.15) is 0 Å². The van der Waals surface area contributed by atoms with Gasteiger partial charge in [-0.1, -0.05) is 18.6 Å². The van der Waals surface area contributed by atoms with E-state index in [0.717, 1.165) is 38.9 Å². The quantitative estimate of drug-likeness (QED) is 0.750. The van der Waals surface area contributed by atoms with Crippen LogP contribution in [0.25, 0.3) is 0 Å². The molecule has 1 amide bonds. The van der Waals surface area contributed by atoms with E-state index < -0.39 is 5.41 Å². The van der Waals surface area contributed by atoms with Crippen molar-refractivity contribution in [2.75, 3.05) is 26.2 Å². The number of thiocarbonyl (C=S) groups is 1. The maximum absolute atomic E-state index is 12.7. The van der Waals surface area contributed by atoms with Crippen molar-refractivity contribution in [3.8, 4) is 0 Å². The molecule has 3 rings (SSSR count). The Morgan fingerprint density at radius 1 is 1.22 bits per heavy atom. The van der Waals surface area contributed by atoms with Gasteiger partial charge in [0.05, 0.1) is 10.4 Å². The Hall–Kier alpha value is -0.680. The van der Waals surface area contributed by atoms with Gasteiger partial charge in [0.2, 0.25) is 5.91 Å². The highest BCUT2D eigenvalue weighted by Crippen LogP contribution is 2.43. The van der Waals surface area contributed by atoms with E-state index in [2.05, 4.69) is 4.90 Å². The lowest BCUT2D eigenvalue weighted by Crippen LogP contribution is -2.60. The van der Waals surface area contributed by atoms with Gasteiger partial charge >= 0.3 is 0 Å². The fourth-order valence-electron chi connectivity index (χ4n) is 3.57. The van der Waals surface area contributed by atoms with Crippen molar-refractivity contribution in [1.82, 2.24) is 9.80 Å². The molecule has 0 aromatic rings. The lowest BCUT2D eigenvalue weighted by atomic mass is 9.67. The van der Waals surface area contributed by atoms with Crippen LogP contribution in [-0.4, -0.2) is 52.9 Å². The van der Waals surface area contributed by atoms with E-state index in [1.807, 2.05) is 4.90 Å². The first-order valence-corrected chi connectivity index (χ1v) is 7.38. The minimum Gasteiger partial charge on any atom is -0.392 e. The number of nitrogens with two attached hydrogens (primary N) is 1. The molecule has 2 heterocycles. The Kier molecular flexibility index (Phi) is 3.06. The zero-order valence-electron chi connectivity index (χ0n) is 10.7. The minimum atomic E-state index is -0.490. The van der Waals surface area contributed by atoms with E-state index in [4.69, 9.17) is 18.0 Å². The molecule has 18 heavy (non-hydrogen) atoms. The average Bonchev–Trinajstić information content (AvgIpc) is 2.73. The van der Waals surface area contributed by atoms with Crippen LogP contribution in [0.4, 0.5) is 0 Å². The minimum absolute atomic E-state index is 0.202. The summed E-state index contributed by atoms with van der Waals surface area (Å²) in [6.45, 7) is 3.94. The van der Waals surface area contributed by atoms with Gasteiger partial charge in [0.15, 0.2) is 0 Å². The fraction of sp³-hybridized carbons (Fsp3) is 0.846. The van der Waals surface area contributed by atoms with E-state index in [0.29, 0.717) is 11.0 Å². The molecule has 2 saturated heterocycles. The predicted molar refractivity (Wildman–Crippen MR) is 74.2 cm³/mol. The SMILES string of the molecule is NC(=S)C1(C(=O)N2CCN3CCCC3C2)CCC1. The zero-order valence-corrected chi connectivity index (χ0v) is 11.5. The largest absolute Gasteiger partial charge is 0.392 e. The van der Waals surface area contributed by atoms with Gasteiger partial charge in [-0.05, 0) is 32.2 Å². The maximum Gasteiger partial charge on any atom is 0.235 e. The molecule has 3 aliphatic rings. The molecule has 5 heteroatoms. The Morgan fingerprint density at radius 3 is 2.61 bits per heavy atom. The molecule has 4 nitrogen and oxygen atoms in total. The van der Waals surface area contributed by atoms with E-state index in [-0.39, 0.29) is 5.91 Å². The molecule has 1 atom stereocenters. The van der Waals surface area contributed by atoms with Crippen LogP contribution in [-0.2, 0) is 4.79 Å². The number of fused-ring (bicyclic) bond motifs is 1. The van der Waals surface area contributed by atoms with Crippen molar-refractivity contribution in [1.29, 1.82) is 0 Å². The van der Waals surface area contributed by atoms with Crippen molar-refractivity contribution < 1.29 is 4.79 Å². The average molecular weight is 267 g/mol. The number of carbonyl (C=O) groups is 1. The predicted octanol–water partition coefficient (Wildman–Crippen LogP) is 0.749. The molecular formula is C13H21N3OS. The van der Waals surface area contributed by atoms with Gasteiger partial charge in [-0.3, -0.25) is 9.69 Å². The molecule has 1 saturated carbocycles. The molecule has 2 N–H and O–H groups in total. The monoisotopic (exact) mass is 267 g/mol. The van der Waals surface area contributed by atoms with Crippen molar-refractivity contribution in [3.05, 3.63) is 0 Å². The van der Waals surface area contributed by atoms with Gasteiger partial charge < -0.3 is 10.6 Å². The summed E-state index contributed by atoms with van der Waals surface area (Å²) in [6, 6.07) is 0.575. The Morgan fingerprint density at radius 2 is 2.00 bits per heavy atom. The van der Waals surface area contributed by atoms with Gasteiger partial charge in [-0.2, -0.15) is 0 Å². The summed E-state index contributed by atoms with van der Waals surface area (Å²) in [5, 5.41) is 0. The molecule has 0 aromatic heterocycles. The van der Waals surface area contributed by atoms with E-state index in [9.17, 15) is 4.79 Å². The standard InChI is InChI=1S/C13H21N3OS/c14-11(18)13(4-2-5-13)12(17)16-8-7-15-6-1-3-10(15)9-16/h10H,1-9H2,(H2,14,18). The maximum atomic E-state index is 12.7. The van der Waals surface area contributed by atoms with Crippen LogP contribution in [0.1, 0.15) is 32.1 Å². The Bertz CT molecular complexity index is 380. The second-order valence-electron chi connectivity index (χ2n) is 5.88. The summed E-state index contributed by atoms with van der Waals surface area (Å²) < 4.78 is 0. The third-order valence-electron chi connectivity index (χ3n) is 4.96. The van der Waals surface area contributed by atoms with Crippen LogP contribution < -0.4 is 5.73 Å². The van der Waals surface area contributed by atoms with Crippen molar-refractivity contribution in [2.24, 2.45) is 11.1 Å². The molecular weight excluding hydrogens is 246 g/mol. The van der Waals surface area contributed by atoms with Gasteiger partial charge in [-0.15, -0.1) is 0 Å². The van der Waals surface area contributed by atoms with Crippen LogP contribution in [0.5, 0.6) is 0 Å². The second kappa shape index (κ2) is 4.46. The van der Waals surface area contributed by atoms with E-state index in [1.54, 1.807) is 0 Å². The Balaban J connectivity index is 1.71. The highest BCUT2D eigenvalue weighted by molar-refractivity contribution is 7.80. The van der Waals surface area contributed by atoms with Crippen molar-refractivity contribution in [3.63, 3.8) is 0 Å². The number of amides is 1. The summed E-state index contributed by atoms with van der Waals surface area (Å²) in [5.74, 6) is 0.202. The van der Waals surface area contributed by atoms with E-state index in [1.165, 1.54) is 19.4 Å². The molecule has 0 bridgehead atoms. The smallest absolute Gasteiger partial charge is 0.235 e. The first kappa shape index (κ1) is 12.4. The van der Waals surface area contributed by atoms with Crippen molar-refractivity contribution in [2.45, 2.75) is 38.1 Å². The molecule has 1 unspecified atom stereocenters. The van der Waals surface area contributed by atoms with Crippen LogP contribution in [0.15, 0.2) is 0 Å². The summed E-state index contributed by atoms with van der Waals surface area (Å²) >= 11 is 5.14. The summed E-state index contributed by atoms with van der Waals surface area (Å²) in [7, 11) is 0. The van der Waals surface area contributed by atoms with Crippen LogP contribution >= 0.6 is 12.2 Å². The molecule has 0 radical (unpaired) electrons. The molecule has 3 fully saturated rings. The van der Waals surface area contributed by atoms with Crippen molar-refractivity contribution >= 4 is 23.1 Å². The summed E-state index contributed by atoms with van der Waals surface area (Å²) in [4.78, 5) is 17.6.